The number of nitrogens with one attached hydrogen (secondary N) is 1. The third-order valence-corrected chi connectivity index (χ3v) is 3.95. The van der Waals surface area contributed by atoms with E-state index in [0.717, 1.165) is 34.2 Å². The molecule has 0 aliphatic carbocycles. The van der Waals surface area contributed by atoms with Gasteiger partial charge in [0.15, 0.2) is 0 Å². The molecule has 0 saturated heterocycles. The molecule has 5 heteroatoms. The maximum Gasteiger partial charge on any atom is 0.416 e. The van der Waals surface area contributed by atoms with Crippen molar-refractivity contribution in [3.8, 4) is 11.1 Å². The van der Waals surface area contributed by atoms with Crippen LogP contribution >= 0.6 is 0 Å². The predicted octanol–water partition coefficient (Wildman–Crippen LogP) is 5.40. The number of halogens is 3. The molecule has 4 aromatic rings. The van der Waals surface area contributed by atoms with E-state index in [-0.39, 0.29) is 0 Å². The van der Waals surface area contributed by atoms with Crippen molar-refractivity contribution in [2.45, 2.75) is 6.18 Å². The van der Waals surface area contributed by atoms with E-state index in [0.29, 0.717) is 10.9 Å². The molecule has 0 spiro atoms. The highest BCUT2D eigenvalue weighted by Crippen LogP contribution is 2.36. The molecule has 2 nitrogen and oxygen atoms in total. The fraction of sp³-hybridized carbons (Fsp3) is 0.0556. The third-order valence-electron chi connectivity index (χ3n) is 3.95. The Morgan fingerprint density at radius 2 is 1.70 bits per heavy atom. The number of aromatic nitrogens is 2. The summed E-state index contributed by atoms with van der Waals surface area (Å²) >= 11 is 0. The number of nitrogens with zero attached hydrogens (tertiary/aromatic N) is 1. The number of H-pyrrole nitrogens is 1. The maximum absolute atomic E-state index is 12.9. The van der Waals surface area contributed by atoms with Crippen molar-refractivity contribution in [2.24, 2.45) is 0 Å². The van der Waals surface area contributed by atoms with Gasteiger partial charge in [0, 0.05) is 34.2 Å². The topological polar surface area (TPSA) is 28.7 Å². The normalized spacial score (nSPS) is 12.1. The molecule has 0 fully saturated rings. The lowest BCUT2D eigenvalue weighted by molar-refractivity contribution is -0.137. The average Bonchev–Trinajstić information content (AvgIpc) is 2.97. The van der Waals surface area contributed by atoms with Gasteiger partial charge in [0.2, 0.25) is 0 Å². The van der Waals surface area contributed by atoms with Gasteiger partial charge in [-0.2, -0.15) is 13.2 Å². The lowest BCUT2D eigenvalue weighted by Gasteiger charge is -2.09. The van der Waals surface area contributed by atoms with Gasteiger partial charge in [0.1, 0.15) is 0 Å². The Hall–Kier alpha value is -2.82. The number of aromatic amines is 1. The van der Waals surface area contributed by atoms with E-state index in [4.69, 9.17) is 0 Å². The Bertz CT molecular complexity index is 1020. The molecule has 0 atom stereocenters. The van der Waals surface area contributed by atoms with Crippen LogP contribution in [-0.4, -0.2) is 9.97 Å². The van der Waals surface area contributed by atoms with Gasteiger partial charge in [-0.3, -0.25) is 4.98 Å². The van der Waals surface area contributed by atoms with Crippen LogP contribution in [0.1, 0.15) is 5.56 Å². The van der Waals surface area contributed by atoms with Crippen LogP contribution < -0.4 is 0 Å². The molecule has 4 rings (SSSR count). The maximum atomic E-state index is 12.9. The SMILES string of the molecule is FC(F)(F)c1ccc2c(-c3c[nH]c4ccccc34)ccnc2c1. The first kappa shape index (κ1) is 13.8. The van der Waals surface area contributed by atoms with E-state index in [9.17, 15) is 13.2 Å². The lowest BCUT2D eigenvalue weighted by Crippen LogP contribution is -2.04. The van der Waals surface area contributed by atoms with Crippen LogP contribution in [0.3, 0.4) is 0 Å². The summed E-state index contributed by atoms with van der Waals surface area (Å²) in [7, 11) is 0. The van der Waals surface area contributed by atoms with E-state index in [1.165, 1.54) is 6.07 Å². The van der Waals surface area contributed by atoms with Crippen LogP contribution in [0.2, 0.25) is 0 Å². The largest absolute Gasteiger partial charge is 0.416 e. The first-order valence-electron chi connectivity index (χ1n) is 7.06. The summed E-state index contributed by atoms with van der Waals surface area (Å²) in [4.78, 5) is 7.28. The Morgan fingerprint density at radius 3 is 2.52 bits per heavy atom. The van der Waals surface area contributed by atoms with E-state index < -0.39 is 11.7 Å². The van der Waals surface area contributed by atoms with E-state index in [1.54, 1.807) is 6.20 Å². The summed E-state index contributed by atoms with van der Waals surface area (Å²) in [5.41, 5.74) is 2.45. The molecule has 0 bridgehead atoms. The Labute approximate surface area is 129 Å². The van der Waals surface area contributed by atoms with Crippen molar-refractivity contribution < 1.29 is 13.2 Å². The van der Waals surface area contributed by atoms with Crippen LogP contribution in [0.4, 0.5) is 13.2 Å². The summed E-state index contributed by atoms with van der Waals surface area (Å²) in [6.07, 6.45) is -0.955. The second-order valence-corrected chi connectivity index (χ2v) is 5.34. The van der Waals surface area contributed by atoms with Gasteiger partial charge >= 0.3 is 6.18 Å². The lowest BCUT2D eigenvalue weighted by atomic mass is 9.99. The minimum atomic E-state index is -4.37. The van der Waals surface area contributed by atoms with Crippen LogP contribution in [-0.2, 0) is 6.18 Å². The zero-order valence-electron chi connectivity index (χ0n) is 11.9. The first-order chi connectivity index (χ1) is 11.0. The number of hydrogen-bond acceptors (Lipinski definition) is 1. The molecular formula is C18H11F3N2. The van der Waals surface area contributed by atoms with Crippen molar-refractivity contribution in [1.29, 1.82) is 0 Å². The van der Waals surface area contributed by atoms with Crippen molar-refractivity contribution in [2.75, 3.05) is 0 Å². The number of benzene rings is 2. The summed E-state index contributed by atoms with van der Waals surface area (Å²) in [5.74, 6) is 0. The van der Waals surface area contributed by atoms with Gasteiger partial charge in [-0.25, -0.2) is 0 Å². The van der Waals surface area contributed by atoms with E-state index in [1.807, 2.05) is 36.5 Å². The fourth-order valence-corrected chi connectivity index (χ4v) is 2.85. The van der Waals surface area contributed by atoms with Gasteiger partial charge in [0.25, 0.3) is 0 Å². The van der Waals surface area contributed by atoms with Gasteiger partial charge < -0.3 is 4.98 Å². The van der Waals surface area contributed by atoms with Gasteiger partial charge in [-0.15, -0.1) is 0 Å². The Balaban J connectivity index is 1.98. The van der Waals surface area contributed by atoms with Crippen LogP contribution in [0.5, 0.6) is 0 Å². The molecule has 114 valence electrons. The van der Waals surface area contributed by atoms with Crippen LogP contribution in [0, 0.1) is 0 Å². The Kier molecular flexibility index (Phi) is 2.91. The smallest absolute Gasteiger partial charge is 0.361 e. The van der Waals surface area contributed by atoms with Crippen LogP contribution in [0.25, 0.3) is 32.9 Å². The van der Waals surface area contributed by atoms with E-state index >= 15 is 0 Å². The molecule has 2 aromatic carbocycles. The van der Waals surface area contributed by atoms with E-state index in [2.05, 4.69) is 9.97 Å². The number of para-hydroxylation sites is 1. The van der Waals surface area contributed by atoms with Crippen molar-refractivity contribution in [3.63, 3.8) is 0 Å². The number of alkyl halides is 3. The number of rotatable bonds is 1. The fourth-order valence-electron chi connectivity index (χ4n) is 2.85. The summed E-state index contributed by atoms with van der Waals surface area (Å²) in [5, 5.41) is 1.73. The van der Waals surface area contributed by atoms with Crippen molar-refractivity contribution >= 4 is 21.8 Å². The summed E-state index contributed by atoms with van der Waals surface area (Å²) < 4.78 is 38.6. The first-order valence-corrected chi connectivity index (χ1v) is 7.06. The molecule has 0 radical (unpaired) electrons. The molecule has 0 aliphatic rings. The summed E-state index contributed by atoms with van der Waals surface area (Å²) in [6.45, 7) is 0. The predicted molar refractivity (Wildman–Crippen MR) is 84.0 cm³/mol. The number of fused-ring (bicyclic) bond motifs is 2. The molecule has 0 saturated carbocycles. The minimum Gasteiger partial charge on any atom is -0.361 e. The highest BCUT2D eigenvalue weighted by atomic mass is 19.4. The number of pyridine rings is 1. The molecule has 0 unspecified atom stereocenters. The standard InChI is InChI=1S/C18H11F3N2/c19-18(20,21)11-5-6-14-12(7-8-22-17(14)9-11)15-10-23-16-4-2-1-3-13(15)16/h1-10,23H. The highest BCUT2D eigenvalue weighted by molar-refractivity contribution is 6.04. The quantitative estimate of drug-likeness (QED) is 0.501. The van der Waals surface area contributed by atoms with Gasteiger partial charge in [-0.1, -0.05) is 24.3 Å². The Morgan fingerprint density at radius 1 is 0.870 bits per heavy atom. The summed E-state index contributed by atoms with van der Waals surface area (Å²) in [6, 6.07) is 13.3. The van der Waals surface area contributed by atoms with Gasteiger partial charge in [0.05, 0.1) is 11.1 Å². The molecular weight excluding hydrogens is 301 g/mol. The van der Waals surface area contributed by atoms with Crippen molar-refractivity contribution in [3.05, 3.63) is 66.5 Å². The second kappa shape index (κ2) is 4.84. The number of hydrogen-bond donors (Lipinski definition) is 1. The minimum absolute atomic E-state index is 0.336. The molecule has 0 aliphatic heterocycles. The monoisotopic (exact) mass is 312 g/mol. The highest BCUT2D eigenvalue weighted by Gasteiger charge is 2.30. The molecule has 2 heterocycles. The molecule has 1 N–H and O–H groups in total. The van der Waals surface area contributed by atoms with Crippen molar-refractivity contribution in [1.82, 2.24) is 9.97 Å². The molecule has 2 aromatic heterocycles. The molecule has 23 heavy (non-hydrogen) atoms. The second-order valence-electron chi connectivity index (χ2n) is 5.34. The van der Waals surface area contributed by atoms with Gasteiger partial charge in [-0.05, 0) is 29.8 Å². The molecule has 0 amide bonds. The average molecular weight is 312 g/mol. The zero-order valence-corrected chi connectivity index (χ0v) is 11.9. The zero-order chi connectivity index (χ0) is 16.0. The third kappa shape index (κ3) is 2.25. The van der Waals surface area contributed by atoms with Crippen LogP contribution in [0.15, 0.2) is 60.9 Å².